The number of anilines is 1. The second-order valence-corrected chi connectivity index (χ2v) is 6.92. The highest BCUT2D eigenvalue weighted by Gasteiger charge is 2.18. The van der Waals surface area contributed by atoms with Crippen molar-refractivity contribution in [3.05, 3.63) is 65.4 Å². The Labute approximate surface area is 171 Å². The van der Waals surface area contributed by atoms with E-state index in [-0.39, 0.29) is 6.04 Å². The van der Waals surface area contributed by atoms with Gasteiger partial charge in [-0.15, -0.1) is 0 Å². The van der Waals surface area contributed by atoms with Crippen LogP contribution in [0.4, 0.5) is 5.69 Å². The monoisotopic (exact) mass is 393 g/mol. The highest BCUT2D eigenvalue weighted by atomic mass is 16.5. The fraction of sp³-hybridized carbons (Fsp3) is 0.304. The summed E-state index contributed by atoms with van der Waals surface area (Å²) < 4.78 is 10.8. The maximum absolute atomic E-state index is 11.9. The third kappa shape index (κ3) is 4.49. The number of pyridine rings is 1. The van der Waals surface area contributed by atoms with Crippen LogP contribution >= 0.6 is 0 Å². The number of hydrogen-bond acceptors (Lipinski definition) is 5. The predicted octanol–water partition coefficient (Wildman–Crippen LogP) is 4.44. The van der Waals surface area contributed by atoms with Crippen LogP contribution in [0.2, 0.25) is 0 Å². The molecule has 0 saturated carbocycles. The first kappa shape index (κ1) is 20.6. The molecule has 6 nitrogen and oxygen atoms in total. The summed E-state index contributed by atoms with van der Waals surface area (Å²) in [4.78, 5) is 16.4. The molecule has 3 N–H and O–H groups in total. The first-order valence-electron chi connectivity index (χ1n) is 9.68. The van der Waals surface area contributed by atoms with E-state index >= 15 is 0 Å². The lowest BCUT2D eigenvalue weighted by Crippen LogP contribution is -2.15. The van der Waals surface area contributed by atoms with E-state index in [1.165, 1.54) is 0 Å². The number of primary amides is 1. The van der Waals surface area contributed by atoms with Crippen LogP contribution < -0.4 is 15.8 Å². The minimum Gasteiger partial charge on any atom is -0.497 e. The van der Waals surface area contributed by atoms with Gasteiger partial charge in [0.15, 0.2) is 0 Å². The minimum absolute atomic E-state index is 0.0635. The Kier molecular flexibility index (Phi) is 6.67. The molecular formula is C23H27N3O3. The average Bonchev–Trinajstić information content (AvgIpc) is 2.74. The van der Waals surface area contributed by atoms with Crippen molar-refractivity contribution in [3.63, 3.8) is 0 Å². The van der Waals surface area contributed by atoms with Gasteiger partial charge in [0.05, 0.1) is 36.5 Å². The normalized spacial score (nSPS) is 12.0. The molecule has 0 radical (unpaired) electrons. The molecule has 0 aliphatic rings. The topological polar surface area (TPSA) is 86.5 Å². The van der Waals surface area contributed by atoms with Gasteiger partial charge in [0.25, 0.3) is 5.91 Å². The van der Waals surface area contributed by atoms with E-state index < -0.39 is 5.91 Å². The first-order chi connectivity index (χ1) is 14.1. The summed E-state index contributed by atoms with van der Waals surface area (Å²) in [5.74, 6) is 0.324. The molecule has 3 aromatic rings. The number of methoxy groups -OCH3 is 2. The number of ether oxygens (including phenoxy) is 2. The summed E-state index contributed by atoms with van der Waals surface area (Å²) in [6, 6.07) is 13.6. The summed E-state index contributed by atoms with van der Waals surface area (Å²) in [5.41, 5.74) is 9.51. The number of para-hydroxylation sites is 1. The molecule has 2 aromatic carbocycles. The van der Waals surface area contributed by atoms with Crippen molar-refractivity contribution in [1.29, 1.82) is 0 Å². The fourth-order valence-electron chi connectivity index (χ4n) is 3.54. The maximum Gasteiger partial charge on any atom is 0.250 e. The quantitative estimate of drug-likeness (QED) is 0.561. The van der Waals surface area contributed by atoms with E-state index in [4.69, 9.17) is 15.2 Å². The van der Waals surface area contributed by atoms with Gasteiger partial charge in [-0.05, 0) is 30.2 Å². The Balaban J connectivity index is 2.13. The van der Waals surface area contributed by atoms with Gasteiger partial charge in [-0.1, -0.05) is 37.6 Å². The Morgan fingerprint density at radius 1 is 1.21 bits per heavy atom. The number of benzene rings is 2. The van der Waals surface area contributed by atoms with Crippen LogP contribution in [0.25, 0.3) is 10.9 Å². The van der Waals surface area contributed by atoms with Crippen LogP contribution in [0, 0.1) is 0 Å². The van der Waals surface area contributed by atoms with Crippen LogP contribution in [0.3, 0.4) is 0 Å². The number of aromatic nitrogens is 1. The standard InChI is InChI=1S/C23H27N3O3/c1-4-7-20(15-8-5-9-17(12-15)29-3)26-21-16(14-28-2)13-25-22-18(21)10-6-11-19(22)23(24)27/h5-6,8-13,20H,4,7,14H2,1-3H3,(H2,24,27)(H,25,26)/t20-/m1/s1. The molecule has 3 rings (SSSR count). The predicted molar refractivity (Wildman–Crippen MR) is 115 cm³/mol. The number of hydrogen-bond donors (Lipinski definition) is 2. The maximum atomic E-state index is 11.9. The zero-order valence-electron chi connectivity index (χ0n) is 17.1. The van der Waals surface area contributed by atoms with E-state index in [1.807, 2.05) is 30.3 Å². The molecule has 0 aliphatic carbocycles. The van der Waals surface area contributed by atoms with Crippen molar-refractivity contribution in [1.82, 2.24) is 4.98 Å². The zero-order valence-corrected chi connectivity index (χ0v) is 17.1. The third-order valence-electron chi connectivity index (χ3n) is 4.93. The second-order valence-electron chi connectivity index (χ2n) is 6.92. The van der Waals surface area contributed by atoms with Gasteiger partial charge in [0, 0.05) is 24.3 Å². The summed E-state index contributed by atoms with van der Waals surface area (Å²) >= 11 is 0. The summed E-state index contributed by atoms with van der Waals surface area (Å²) in [7, 11) is 3.32. The number of carbonyl (C=O) groups excluding carboxylic acids is 1. The highest BCUT2D eigenvalue weighted by Crippen LogP contribution is 2.33. The van der Waals surface area contributed by atoms with Gasteiger partial charge in [0.2, 0.25) is 0 Å². The zero-order chi connectivity index (χ0) is 20.8. The van der Waals surface area contributed by atoms with Crippen molar-refractivity contribution in [2.45, 2.75) is 32.4 Å². The summed E-state index contributed by atoms with van der Waals surface area (Å²) in [5, 5.41) is 4.53. The SMILES string of the molecule is CCC[C@@H](Nc1c(COC)cnc2c(C(N)=O)cccc12)c1cccc(OC)c1. The molecule has 1 atom stereocenters. The van der Waals surface area contributed by atoms with Crippen molar-refractivity contribution < 1.29 is 14.3 Å². The Morgan fingerprint density at radius 3 is 2.69 bits per heavy atom. The molecule has 1 amide bonds. The summed E-state index contributed by atoms with van der Waals surface area (Å²) in [6.45, 7) is 2.56. The van der Waals surface area contributed by atoms with Crippen LogP contribution in [-0.2, 0) is 11.3 Å². The van der Waals surface area contributed by atoms with Gasteiger partial charge in [0.1, 0.15) is 5.75 Å². The van der Waals surface area contributed by atoms with E-state index in [9.17, 15) is 4.79 Å². The van der Waals surface area contributed by atoms with E-state index in [0.717, 1.165) is 40.8 Å². The Bertz CT molecular complexity index is 1000. The molecule has 1 heterocycles. The molecule has 0 bridgehead atoms. The molecule has 0 spiro atoms. The van der Waals surface area contributed by atoms with Crippen LogP contribution in [0.5, 0.6) is 5.75 Å². The number of fused-ring (bicyclic) bond motifs is 1. The van der Waals surface area contributed by atoms with Crippen molar-refractivity contribution in [2.75, 3.05) is 19.5 Å². The van der Waals surface area contributed by atoms with E-state index in [1.54, 1.807) is 26.5 Å². The smallest absolute Gasteiger partial charge is 0.250 e. The largest absolute Gasteiger partial charge is 0.497 e. The van der Waals surface area contributed by atoms with Gasteiger partial charge in [-0.25, -0.2) is 0 Å². The molecule has 0 aliphatic heterocycles. The second kappa shape index (κ2) is 9.39. The summed E-state index contributed by atoms with van der Waals surface area (Å²) in [6.07, 6.45) is 3.68. The number of nitrogens with two attached hydrogens (primary N) is 1. The average molecular weight is 393 g/mol. The number of carbonyl (C=O) groups is 1. The molecule has 0 saturated heterocycles. The van der Waals surface area contributed by atoms with E-state index in [0.29, 0.717) is 17.7 Å². The minimum atomic E-state index is -0.494. The van der Waals surface area contributed by atoms with Gasteiger partial charge >= 0.3 is 0 Å². The first-order valence-corrected chi connectivity index (χ1v) is 9.68. The number of amides is 1. The number of nitrogens with zero attached hydrogens (tertiary/aromatic N) is 1. The molecule has 29 heavy (non-hydrogen) atoms. The molecule has 0 unspecified atom stereocenters. The van der Waals surface area contributed by atoms with Gasteiger partial charge in [-0.3, -0.25) is 9.78 Å². The van der Waals surface area contributed by atoms with Crippen LogP contribution in [0.1, 0.15) is 47.3 Å². The van der Waals surface area contributed by atoms with Crippen molar-refractivity contribution in [3.8, 4) is 5.75 Å². The highest BCUT2D eigenvalue weighted by molar-refractivity contribution is 6.08. The fourth-order valence-corrected chi connectivity index (χ4v) is 3.54. The Hall–Kier alpha value is -3.12. The van der Waals surface area contributed by atoms with Crippen molar-refractivity contribution in [2.24, 2.45) is 5.73 Å². The molecule has 6 heteroatoms. The lowest BCUT2D eigenvalue weighted by atomic mass is 9.99. The van der Waals surface area contributed by atoms with E-state index in [2.05, 4.69) is 23.3 Å². The molecule has 1 aromatic heterocycles. The Morgan fingerprint density at radius 2 is 2.00 bits per heavy atom. The van der Waals surface area contributed by atoms with Crippen LogP contribution in [0.15, 0.2) is 48.7 Å². The molecule has 0 fully saturated rings. The van der Waals surface area contributed by atoms with Crippen molar-refractivity contribution >= 4 is 22.5 Å². The van der Waals surface area contributed by atoms with Crippen LogP contribution in [-0.4, -0.2) is 25.1 Å². The number of rotatable bonds is 9. The molecular weight excluding hydrogens is 366 g/mol. The third-order valence-corrected chi connectivity index (χ3v) is 4.93. The van der Waals surface area contributed by atoms with Gasteiger partial charge in [-0.2, -0.15) is 0 Å². The molecule has 152 valence electrons. The lowest BCUT2D eigenvalue weighted by molar-refractivity contribution is 0.100. The number of nitrogens with one attached hydrogen (secondary N) is 1. The lowest BCUT2D eigenvalue weighted by Gasteiger charge is -2.24. The van der Waals surface area contributed by atoms with Gasteiger partial charge < -0.3 is 20.5 Å².